The van der Waals surface area contributed by atoms with Crippen LogP contribution in [-0.2, 0) is 22.5 Å². The summed E-state index contributed by atoms with van der Waals surface area (Å²) in [4.78, 5) is 13.5. The molecule has 112 valence electrons. The average molecular weight is 279 g/mol. The van der Waals surface area contributed by atoms with E-state index in [0.717, 1.165) is 25.3 Å². The summed E-state index contributed by atoms with van der Waals surface area (Å²) in [6.07, 6.45) is 0.314. The molecule has 1 rings (SSSR count). The van der Waals surface area contributed by atoms with Gasteiger partial charge in [0.15, 0.2) is 0 Å². The van der Waals surface area contributed by atoms with Crippen LogP contribution >= 0.6 is 0 Å². The Hall–Kier alpha value is -1.43. The lowest BCUT2D eigenvalue weighted by Gasteiger charge is -2.27. The summed E-state index contributed by atoms with van der Waals surface area (Å²) in [6, 6.07) is 8.44. The second-order valence-electron chi connectivity index (χ2n) is 4.93. The maximum atomic E-state index is 11.2. The molecule has 0 spiro atoms. The third-order valence-corrected chi connectivity index (χ3v) is 3.37. The first-order chi connectivity index (χ1) is 9.60. The monoisotopic (exact) mass is 279 g/mol. The number of carbonyl (C=O) groups excluding carboxylic acids is 1. The highest BCUT2D eigenvalue weighted by Crippen LogP contribution is 2.10. The standard InChI is InChI=1S/C15H25N3O2/c1-4-18(12(2)11-20-3)10-14-7-5-13(6-8-14)9-15(19)17-16/h5-8,12H,4,9-11,16H2,1-3H3,(H,17,19). The molecule has 5 nitrogen and oxygen atoms in total. The van der Waals surface area contributed by atoms with Crippen molar-refractivity contribution in [2.75, 3.05) is 20.3 Å². The molecule has 5 heteroatoms. The van der Waals surface area contributed by atoms with Crippen molar-refractivity contribution >= 4 is 5.91 Å². The van der Waals surface area contributed by atoms with Crippen molar-refractivity contribution in [3.8, 4) is 0 Å². The molecule has 0 aromatic heterocycles. The summed E-state index contributed by atoms with van der Waals surface area (Å²) in [5.41, 5.74) is 4.33. The van der Waals surface area contributed by atoms with E-state index in [1.807, 2.05) is 12.1 Å². The van der Waals surface area contributed by atoms with Gasteiger partial charge in [-0.3, -0.25) is 15.1 Å². The minimum atomic E-state index is -0.179. The summed E-state index contributed by atoms with van der Waals surface area (Å²) in [7, 11) is 1.72. The minimum absolute atomic E-state index is 0.179. The highest BCUT2D eigenvalue weighted by molar-refractivity contribution is 5.77. The van der Waals surface area contributed by atoms with Gasteiger partial charge in [-0.2, -0.15) is 0 Å². The van der Waals surface area contributed by atoms with Gasteiger partial charge in [0.25, 0.3) is 0 Å². The molecule has 0 saturated carbocycles. The molecule has 0 aliphatic heterocycles. The Morgan fingerprint density at radius 3 is 2.45 bits per heavy atom. The van der Waals surface area contributed by atoms with Crippen LogP contribution in [0.3, 0.4) is 0 Å². The van der Waals surface area contributed by atoms with E-state index in [1.54, 1.807) is 7.11 Å². The van der Waals surface area contributed by atoms with Crippen LogP contribution in [0.4, 0.5) is 0 Å². The molecular formula is C15H25N3O2. The molecule has 0 fully saturated rings. The normalized spacial score (nSPS) is 12.4. The highest BCUT2D eigenvalue weighted by Gasteiger charge is 2.12. The van der Waals surface area contributed by atoms with E-state index in [9.17, 15) is 4.79 Å². The Bertz CT molecular complexity index is 406. The molecule has 0 radical (unpaired) electrons. The number of hydrogen-bond acceptors (Lipinski definition) is 4. The largest absolute Gasteiger partial charge is 0.383 e. The zero-order valence-electron chi connectivity index (χ0n) is 12.6. The summed E-state index contributed by atoms with van der Waals surface area (Å²) in [5, 5.41) is 0. The van der Waals surface area contributed by atoms with E-state index in [-0.39, 0.29) is 5.91 Å². The number of nitrogens with one attached hydrogen (secondary N) is 1. The Morgan fingerprint density at radius 1 is 1.35 bits per heavy atom. The first-order valence-corrected chi connectivity index (χ1v) is 6.91. The molecule has 1 aromatic carbocycles. The summed E-state index contributed by atoms with van der Waals surface area (Å²) in [5.74, 6) is 4.90. The number of hydrogen-bond donors (Lipinski definition) is 2. The number of rotatable bonds is 8. The zero-order valence-corrected chi connectivity index (χ0v) is 12.6. The molecule has 0 aliphatic carbocycles. The van der Waals surface area contributed by atoms with Crippen LogP contribution in [0.1, 0.15) is 25.0 Å². The van der Waals surface area contributed by atoms with Crippen molar-refractivity contribution in [3.63, 3.8) is 0 Å². The Labute approximate surface area is 121 Å². The smallest absolute Gasteiger partial charge is 0.238 e. The van der Waals surface area contributed by atoms with Gasteiger partial charge < -0.3 is 4.74 Å². The van der Waals surface area contributed by atoms with E-state index in [4.69, 9.17) is 10.6 Å². The molecule has 1 unspecified atom stereocenters. The third kappa shape index (κ3) is 5.28. The zero-order chi connectivity index (χ0) is 15.0. The van der Waals surface area contributed by atoms with Gasteiger partial charge in [0, 0.05) is 19.7 Å². The SMILES string of the molecule is CCN(Cc1ccc(CC(=O)NN)cc1)C(C)COC. The number of nitrogens with zero attached hydrogens (tertiary/aromatic N) is 1. The fraction of sp³-hybridized carbons (Fsp3) is 0.533. The van der Waals surface area contributed by atoms with Gasteiger partial charge in [-0.25, -0.2) is 5.84 Å². The highest BCUT2D eigenvalue weighted by atomic mass is 16.5. The maximum absolute atomic E-state index is 11.2. The predicted molar refractivity (Wildman–Crippen MR) is 79.9 cm³/mol. The molecule has 20 heavy (non-hydrogen) atoms. The fourth-order valence-electron chi connectivity index (χ4n) is 2.16. The van der Waals surface area contributed by atoms with Crippen LogP contribution in [0.2, 0.25) is 0 Å². The van der Waals surface area contributed by atoms with E-state index >= 15 is 0 Å². The minimum Gasteiger partial charge on any atom is -0.383 e. The van der Waals surface area contributed by atoms with Gasteiger partial charge >= 0.3 is 0 Å². The molecule has 1 aromatic rings. The van der Waals surface area contributed by atoms with Gasteiger partial charge in [0.2, 0.25) is 5.91 Å². The van der Waals surface area contributed by atoms with Gasteiger partial charge in [-0.15, -0.1) is 0 Å². The molecule has 3 N–H and O–H groups in total. The van der Waals surface area contributed by atoms with Crippen LogP contribution in [0.25, 0.3) is 0 Å². The molecule has 0 heterocycles. The first-order valence-electron chi connectivity index (χ1n) is 6.91. The van der Waals surface area contributed by atoms with Gasteiger partial charge in [0.1, 0.15) is 0 Å². The lowest BCUT2D eigenvalue weighted by molar-refractivity contribution is -0.120. The number of ether oxygens (including phenoxy) is 1. The molecular weight excluding hydrogens is 254 g/mol. The lowest BCUT2D eigenvalue weighted by Crippen LogP contribution is -2.35. The summed E-state index contributed by atoms with van der Waals surface area (Å²) >= 11 is 0. The van der Waals surface area contributed by atoms with Gasteiger partial charge in [-0.05, 0) is 24.6 Å². The van der Waals surface area contributed by atoms with Crippen molar-refractivity contribution in [3.05, 3.63) is 35.4 Å². The van der Waals surface area contributed by atoms with Crippen molar-refractivity contribution < 1.29 is 9.53 Å². The maximum Gasteiger partial charge on any atom is 0.238 e. The van der Waals surface area contributed by atoms with Gasteiger partial charge in [-0.1, -0.05) is 31.2 Å². The van der Waals surface area contributed by atoms with Crippen LogP contribution in [0.5, 0.6) is 0 Å². The average Bonchev–Trinajstić information content (AvgIpc) is 2.46. The molecule has 0 aliphatic rings. The first kappa shape index (κ1) is 16.6. The van der Waals surface area contributed by atoms with Crippen LogP contribution in [0, 0.1) is 0 Å². The predicted octanol–water partition coefficient (Wildman–Crippen LogP) is 1.08. The number of hydrazine groups is 1. The molecule has 0 bridgehead atoms. The quantitative estimate of drug-likeness (QED) is 0.424. The van der Waals surface area contributed by atoms with Crippen molar-refractivity contribution in [1.29, 1.82) is 0 Å². The second kappa shape index (κ2) is 8.68. The van der Waals surface area contributed by atoms with E-state index in [2.05, 4.69) is 36.3 Å². The van der Waals surface area contributed by atoms with Crippen molar-refractivity contribution in [2.45, 2.75) is 32.9 Å². The number of methoxy groups -OCH3 is 1. The van der Waals surface area contributed by atoms with Crippen LogP contribution in [-0.4, -0.2) is 37.1 Å². The van der Waals surface area contributed by atoms with E-state index in [1.165, 1.54) is 5.56 Å². The molecule has 0 saturated heterocycles. The summed E-state index contributed by atoms with van der Waals surface area (Å²) < 4.78 is 5.20. The van der Waals surface area contributed by atoms with Crippen molar-refractivity contribution in [2.24, 2.45) is 5.84 Å². The topological polar surface area (TPSA) is 67.6 Å². The molecule has 1 amide bonds. The Kier molecular flexibility index (Phi) is 7.22. The van der Waals surface area contributed by atoms with E-state index < -0.39 is 0 Å². The van der Waals surface area contributed by atoms with E-state index in [0.29, 0.717) is 12.5 Å². The Morgan fingerprint density at radius 2 is 1.95 bits per heavy atom. The number of carbonyl (C=O) groups is 1. The van der Waals surface area contributed by atoms with Crippen LogP contribution in [0.15, 0.2) is 24.3 Å². The van der Waals surface area contributed by atoms with Crippen molar-refractivity contribution in [1.82, 2.24) is 10.3 Å². The number of nitrogens with two attached hydrogens (primary N) is 1. The van der Waals surface area contributed by atoms with Gasteiger partial charge in [0.05, 0.1) is 13.0 Å². The molecule has 1 atom stereocenters. The lowest BCUT2D eigenvalue weighted by atomic mass is 10.1. The third-order valence-electron chi connectivity index (χ3n) is 3.37. The summed E-state index contributed by atoms with van der Waals surface area (Å²) in [6.45, 7) is 6.88. The number of likely N-dealkylation sites (N-methyl/N-ethyl adjacent to an activating group) is 1. The number of benzene rings is 1. The fourth-order valence-corrected chi connectivity index (χ4v) is 2.16. The van der Waals surface area contributed by atoms with Crippen LogP contribution < -0.4 is 11.3 Å². The Balaban J connectivity index is 2.61. The number of amides is 1. The second-order valence-corrected chi connectivity index (χ2v) is 4.93.